The molecule has 2 atom stereocenters. The second kappa shape index (κ2) is 15.7. The lowest BCUT2D eigenvalue weighted by molar-refractivity contribution is -0.143. The summed E-state index contributed by atoms with van der Waals surface area (Å²) in [6, 6.07) is 6.64. The van der Waals surface area contributed by atoms with Crippen LogP contribution in [0.25, 0.3) is 11.1 Å². The Balaban J connectivity index is 1.74. The maximum atomic E-state index is 15.9. The predicted molar refractivity (Wildman–Crippen MR) is 183 cm³/mol. The number of hydrogen-bond donors (Lipinski definition) is 0. The zero-order chi connectivity index (χ0) is 34.6. The summed E-state index contributed by atoms with van der Waals surface area (Å²) in [4.78, 5) is 42.9. The first-order chi connectivity index (χ1) is 22.2. The third-order valence-electron chi connectivity index (χ3n) is 9.08. The third-order valence-corrected chi connectivity index (χ3v) is 9.36. The average Bonchev–Trinajstić information content (AvgIpc) is 2.95. The van der Waals surface area contributed by atoms with E-state index in [0.717, 1.165) is 37.2 Å². The van der Waals surface area contributed by atoms with Crippen LogP contribution < -0.4 is 5.56 Å². The Kier molecular flexibility index (Phi) is 12.2. The highest BCUT2D eigenvalue weighted by Crippen LogP contribution is 2.38. The van der Waals surface area contributed by atoms with Crippen LogP contribution in [-0.2, 0) is 20.7 Å². The molecule has 0 aliphatic carbocycles. The summed E-state index contributed by atoms with van der Waals surface area (Å²) in [5.74, 6) is -2.12. The number of carbonyl (C=O) groups excluding carboxylic acids is 2. The number of Topliss-reactive ketones (excluding diaryl/α,β-unsaturated/α-hetero) is 1. The van der Waals surface area contributed by atoms with Crippen molar-refractivity contribution < 1.29 is 23.1 Å². The zero-order valence-electron chi connectivity index (χ0n) is 28.6. The van der Waals surface area contributed by atoms with Gasteiger partial charge in [-0.05, 0) is 116 Å². The fourth-order valence-corrected chi connectivity index (χ4v) is 7.06. The molecule has 254 valence electrons. The average molecular weight is 669 g/mol. The van der Waals surface area contributed by atoms with Gasteiger partial charge in [-0.25, -0.2) is 8.78 Å². The number of ether oxygens (including phenoxy) is 1. The number of pyridine rings is 1. The number of nitrogens with zero attached hydrogens (tertiary/aromatic N) is 2. The molecule has 1 aliphatic rings. The summed E-state index contributed by atoms with van der Waals surface area (Å²) >= 11 is 6.44. The van der Waals surface area contributed by atoms with Crippen LogP contribution in [-0.4, -0.2) is 47.5 Å². The minimum Gasteiger partial charge on any atom is -0.466 e. The first-order valence-corrected chi connectivity index (χ1v) is 16.9. The minimum atomic E-state index is -0.913. The van der Waals surface area contributed by atoms with Crippen molar-refractivity contribution in [2.24, 2.45) is 11.8 Å². The molecule has 4 rings (SSSR count). The van der Waals surface area contributed by atoms with Gasteiger partial charge < -0.3 is 14.2 Å². The largest absolute Gasteiger partial charge is 0.466 e. The monoisotopic (exact) mass is 668 g/mol. The van der Waals surface area contributed by atoms with Crippen LogP contribution in [0.4, 0.5) is 8.78 Å². The van der Waals surface area contributed by atoms with Crippen molar-refractivity contribution in [2.45, 2.75) is 86.1 Å². The van der Waals surface area contributed by atoms with Gasteiger partial charge in [-0.3, -0.25) is 14.4 Å². The predicted octanol–water partition coefficient (Wildman–Crippen LogP) is 8.15. The van der Waals surface area contributed by atoms with E-state index in [0.29, 0.717) is 34.6 Å². The number of aromatic nitrogens is 1. The molecule has 0 spiro atoms. The van der Waals surface area contributed by atoms with E-state index in [1.165, 1.54) is 22.8 Å². The molecule has 1 saturated heterocycles. The van der Waals surface area contributed by atoms with E-state index in [1.54, 1.807) is 32.9 Å². The van der Waals surface area contributed by atoms with E-state index in [1.807, 2.05) is 27.0 Å². The summed E-state index contributed by atoms with van der Waals surface area (Å²) in [5, 5.41) is -0.170. The van der Waals surface area contributed by atoms with Gasteiger partial charge in [0.2, 0.25) is 0 Å². The number of benzene rings is 2. The van der Waals surface area contributed by atoms with Gasteiger partial charge in [0.05, 0.1) is 24.1 Å². The van der Waals surface area contributed by atoms with Gasteiger partial charge in [0.25, 0.3) is 5.56 Å². The van der Waals surface area contributed by atoms with E-state index < -0.39 is 23.7 Å². The van der Waals surface area contributed by atoms with Crippen molar-refractivity contribution >= 4 is 23.4 Å². The number of aryl methyl sites for hydroxylation is 3. The van der Waals surface area contributed by atoms with Crippen molar-refractivity contribution in [3.63, 3.8) is 0 Å². The summed E-state index contributed by atoms with van der Waals surface area (Å²) in [6.45, 7) is 16.4. The van der Waals surface area contributed by atoms with Gasteiger partial charge in [0.1, 0.15) is 11.6 Å². The van der Waals surface area contributed by atoms with Crippen LogP contribution in [0, 0.1) is 44.2 Å². The molecule has 9 heteroatoms. The van der Waals surface area contributed by atoms with Crippen molar-refractivity contribution in [3.8, 4) is 11.1 Å². The number of esters is 1. The zero-order valence-corrected chi connectivity index (χ0v) is 29.3. The molecule has 47 heavy (non-hydrogen) atoms. The van der Waals surface area contributed by atoms with E-state index in [4.69, 9.17) is 16.3 Å². The maximum absolute atomic E-state index is 15.9. The van der Waals surface area contributed by atoms with Gasteiger partial charge in [-0.15, -0.1) is 0 Å². The molecule has 2 aromatic carbocycles. The number of halogens is 3. The molecule has 1 fully saturated rings. The van der Waals surface area contributed by atoms with Crippen molar-refractivity contribution in [2.75, 3.05) is 26.2 Å². The molecular formula is C38H47ClF2N2O4. The lowest BCUT2D eigenvalue weighted by atomic mass is 9.84. The van der Waals surface area contributed by atoms with Crippen molar-refractivity contribution in [1.82, 2.24) is 9.47 Å². The van der Waals surface area contributed by atoms with E-state index in [-0.39, 0.29) is 53.1 Å². The minimum absolute atomic E-state index is 0.0746. The highest BCUT2D eigenvalue weighted by atomic mass is 35.5. The Hall–Kier alpha value is -3.36. The highest BCUT2D eigenvalue weighted by Gasteiger charge is 2.31. The molecule has 6 nitrogen and oxygen atoms in total. The Morgan fingerprint density at radius 1 is 1.00 bits per heavy atom. The first kappa shape index (κ1) is 36.5. The standard InChI is InChI=1S/C38H47ClF2N2O4/c1-8-47-36(46)18-28(31-15-29(16-32(39)38(31)41)37-25(6)12-30(40)13-26(37)7)17-34(44)33(11-22(2)3)43-21-27(24(5)14-35(43)45)9-10-42-19-23(4)20-42/h12-16,21-23,28,33H,8-11,17-20H2,1-7H3/t28-,33?/m0/s1. The van der Waals surface area contributed by atoms with Gasteiger partial charge in [0, 0.05) is 44.2 Å². The molecule has 0 bridgehead atoms. The van der Waals surface area contributed by atoms with Gasteiger partial charge in [-0.2, -0.15) is 0 Å². The van der Waals surface area contributed by atoms with E-state index in [2.05, 4.69) is 11.8 Å². The molecule has 0 amide bonds. The normalized spacial score (nSPS) is 15.0. The van der Waals surface area contributed by atoms with E-state index >= 15 is 4.39 Å². The summed E-state index contributed by atoms with van der Waals surface area (Å²) < 4.78 is 36.8. The highest BCUT2D eigenvalue weighted by molar-refractivity contribution is 6.31. The Labute approximate surface area is 282 Å². The molecule has 1 aromatic heterocycles. The topological polar surface area (TPSA) is 68.6 Å². The maximum Gasteiger partial charge on any atom is 0.306 e. The van der Waals surface area contributed by atoms with Crippen LogP contribution in [0.15, 0.2) is 41.3 Å². The quantitative estimate of drug-likeness (QED) is 0.162. The number of likely N-dealkylation sites (tertiary alicyclic amines) is 1. The number of hydrogen-bond acceptors (Lipinski definition) is 5. The van der Waals surface area contributed by atoms with Crippen LogP contribution >= 0.6 is 11.6 Å². The van der Waals surface area contributed by atoms with Gasteiger partial charge in [-0.1, -0.05) is 32.4 Å². The van der Waals surface area contributed by atoms with Gasteiger partial charge >= 0.3 is 5.97 Å². The molecule has 0 radical (unpaired) electrons. The molecule has 1 aliphatic heterocycles. The Bertz CT molecular complexity index is 1660. The Morgan fingerprint density at radius 2 is 1.66 bits per heavy atom. The molecule has 2 heterocycles. The molecule has 0 N–H and O–H groups in total. The number of ketones is 1. The summed E-state index contributed by atoms with van der Waals surface area (Å²) in [5.41, 5.74) is 4.25. The molecular weight excluding hydrogens is 622 g/mol. The van der Waals surface area contributed by atoms with Crippen molar-refractivity contribution in [3.05, 3.63) is 91.4 Å². The van der Waals surface area contributed by atoms with Crippen LogP contribution in [0.2, 0.25) is 5.02 Å². The summed E-state index contributed by atoms with van der Waals surface area (Å²) in [6.07, 6.45) is 2.49. The Morgan fingerprint density at radius 3 is 2.26 bits per heavy atom. The molecule has 1 unspecified atom stereocenters. The fourth-order valence-electron chi connectivity index (χ4n) is 6.84. The number of carbonyl (C=O) groups is 2. The van der Waals surface area contributed by atoms with Crippen LogP contribution in [0.3, 0.4) is 0 Å². The molecule has 3 aromatic rings. The number of rotatable bonds is 14. The van der Waals surface area contributed by atoms with Gasteiger partial charge in [0.15, 0.2) is 5.78 Å². The van der Waals surface area contributed by atoms with E-state index in [9.17, 15) is 18.8 Å². The smallest absolute Gasteiger partial charge is 0.306 e. The van der Waals surface area contributed by atoms with Crippen molar-refractivity contribution in [1.29, 1.82) is 0 Å². The second-order valence-corrected chi connectivity index (χ2v) is 14.0. The third kappa shape index (κ3) is 8.96. The lowest BCUT2D eigenvalue weighted by Crippen LogP contribution is -2.45. The lowest BCUT2D eigenvalue weighted by Gasteiger charge is -2.37. The fraction of sp³-hybridized carbons (Fsp3) is 0.500. The second-order valence-electron chi connectivity index (χ2n) is 13.6. The first-order valence-electron chi connectivity index (χ1n) is 16.6. The molecule has 0 saturated carbocycles. The summed E-state index contributed by atoms with van der Waals surface area (Å²) in [7, 11) is 0. The SMILES string of the molecule is CCOC(=O)C[C@H](CC(=O)C(CC(C)C)n1cc(CCN2CC(C)C2)c(C)cc1=O)c1cc(-c2c(C)cc(F)cc2C)cc(Cl)c1F. The van der Waals surface area contributed by atoms with Crippen LogP contribution in [0.5, 0.6) is 0 Å². The van der Waals surface area contributed by atoms with Crippen LogP contribution in [0.1, 0.15) is 86.7 Å².